The van der Waals surface area contributed by atoms with Crippen molar-refractivity contribution in [1.82, 2.24) is 19.8 Å². The summed E-state index contributed by atoms with van der Waals surface area (Å²) in [6.07, 6.45) is -0.852. The first-order valence-corrected chi connectivity index (χ1v) is 10.1. The van der Waals surface area contributed by atoms with Crippen molar-refractivity contribution in [2.24, 2.45) is 0 Å². The van der Waals surface area contributed by atoms with Crippen molar-refractivity contribution in [2.45, 2.75) is 18.0 Å². The number of ether oxygens (including phenoxy) is 1. The number of carbonyl (C=O) groups is 2. The summed E-state index contributed by atoms with van der Waals surface area (Å²) in [6, 6.07) is 6.52. The molecule has 0 spiro atoms. The number of benzene rings is 1. The van der Waals surface area contributed by atoms with Crippen LogP contribution in [0.1, 0.15) is 5.56 Å². The molecule has 0 aliphatic carbocycles. The molecule has 0 saturated carbocycles. The lowest BCUT2D eigenvalue weighted by Crippen LogP contribution is -2.48. The highest BCUT2D eigenvalue weighted by molar-refractivity contribution is 7.89. The van der Waals surface area contributed by atoms with Crippen LogP contribution in [0.4, 0.5) is 0 Å². The smallest absolute Gasteiger partial charge is 0.309 e. The first-order valence-electron chi connectivity index (χ1n) is 8.62. The summed E-state index contributed by atoms with van der Waals surface area (Å²) in [7, 11) is -0.0377. The third kappa shape index (κ3) is 5.73. The Bertz CT molecular complexity index is 764. The van der Waals surface area contributed by atoms with Gasteiger partial charge in [-0.2, -0.15) is 4.31 Å². The Kier molecular flexibility index (Phi) is 7.31. The molecule has 0 aromatic heterocycles. The highest BCUT2D eigenvalue weighted by Crippen LogP contribution is 2.22. The van der Waals surface area contributed by atoms with E-state index in [1.54, 1.807) is 12.1 Å². The highest BCUT2D eigenvalue weighted by atomic mass is 32.2. The molecule has 0 radical (unpaired) electrons. The molecule has 0 unspecified atom stereocenters. The van der Waals surface area contributed by atoms with Crippen molar-refractivity contribution < 1.29 is 22.7 Å². The Morgan fingerprint density at radius 3 is 2.44 bits per heavy atom. The molecule has 9 nitrogen and oxygen atoms in total. The third-order valence-corrected chi connectivity index (χ3v) is 5.96. The normalized spacial score (nSPS) is 17.9. The van der Waals surface area contributed by atoms with Crippen molar-refractivity contribution in [2.75, 3.05) is 46.9 Å². The second-order valence-corrected chi connectivity index (χ2v) is 8.41. The minimum atomic E-state index is -3.75. The average Bonchev–Trinajstić information content (AvgIpc) is 3.09. The molecule has 10 heteroatoms. The van der Waals surface area contributed by atoms with Crippen LogP contribution in [-0.4, -0.2) is 82.5 Å². The summed E-state index contributed by atoms with van der Waals surface area (Å²) in [6.45, 7) is 3.12. The average molecular weight is 398 g/mol. The van der Waals surface area contributed by atoms with Crippen LogP contribution in [-0.2, 0) is 24.3 Å². The zero-order valence-corrected chi connectivity index (χ0v) is 16.6. The summed E-state index contributed by atoms with van der Waals surface area (Å²) in [5, 5.41) is 4.93. The monoisotopic (exact) mass is 398 g/mol. The molecular weight excluding hydrogens is 372 g/mol. The maximum atomic E-state index is 12.8. The van der Waals surface area contributed by atoms with E-state index in [0.717, 1.165) is 5.56 Å². The molecule has 1 aliphatic rings. The molecule has 150 valence electrons. The molecule has 1 heterocycles. The van der Waals surface area contributed by atoms with Gasteiger partial charge in [-0.25, -0.2) is 8.42 Å². The van der Waals surface area contributed by atoms with Crippen molar-refractivity contribution in [3.8, 4) is 0 Å². The number of rotatable bonds is 7. The maximum Gasteiger partial charge on any atom is 0.309 e. The fourth-order valence-electron chi connectivity index (χ4n) is 2.52. The van der Waals surface area contributed by atoms with E-state index in [1.165, 1.54) is 16.4 Å². The molecule has 1 atom stereocenters. The number of likely N-dealkylation sites (N-methyl/N-ethyl adjacent to an activating group) is 1. The van der Waals surface area contributed by atoms with E-state index in [-0.39, 0.29) is 24.6 Å². The third-order valence-electron chi connectivity index (χ3n) is 4.06. The van der Waals surface area contributed by atoms with Gasteiger partial charge in [0.2, 0.25) is 10.0 Å². The first kappa shape index (κ1) is 21.3. The quantitative estimate of drug-likeness (QED) is 0.579. The molecule has 0 bridgehead atoms. The Morgan fingerprint density at radius 1 is 1.19 bits per heavy atom. The van der Waals surface area contributed by atoms with Gasteiger partial charge < -0.3 is 20.3 Å². The minimum Gasteiger partial charge on any atom is -0.359 e. The van der Waals surface area contributed by atoms with Crippen LogP contribution in [0.3, 0.4) is 0 Å². The Hall–Kier alpha value is -2.01. The number of nitrogens with zero attached hydrogens (tertiary/aromatic N) is 2. The summed E-state index contributed by atoms with van der Waals surface area (Å²) >= 11 is 0. The lowest BCUT2D eigenvalue weighted by molar-refractivity contribution is -0.139. The van der Waals surface area contributed by atoms with E-state index >= 15 is 0 Å². The number of carbonyl (C=O) groups excluding carboxylic acids is 2. The second-order valence-electron chi connectivity index (χ2n) is 6.52. The van der Waals surface area contributed by atoms with Crippen LogP contribution >= 0.6 is 0 Å². The van der Waals surface area contributed by atoms with E-state index in [4.69, 9.17) is 4.74 Å². The van der Waals surface area contributed by atoms with E-state index in [9.17, 15) is 18.0 Å². The topological polar surface area (TPSA) is 108 Å². The van der Waals surface area contributed by atoms with Gasteiger partial charge in [0, 0.05) is 19.6 Å². The lowest BCUT2D eigenvalue weighted by atomic mass is 10.2. The molecular formula is C17H26N4O5S. The molecule has 1 saturated heterocycles. The van der Waals surface area contributed by atoms with E-state index in [2.05, 4.69) is 10.6 Å². The largest absolute Gasteiger partial charge is 0.359 e. The summed E-state index contributed by atoms with van der Waals surface area (Å²) in [4.78, 5) is 25.7. The number of hydrogen-bond acceptors (Lipinski definition) is 6. The van der Waals surface area contributed by atoms with Crippen LogP contribution in [0.5, 0.6) is 0 Å². The van der Waals surface area contributed by atoms with Crippen molar-refractivity contribution in [3.63, 3.8) is 0 Å². The van der Waals surface area contributed by atoms with Gasteiger partial charge in [-0.1, -0.05) is 17.7 Å². The van der Waals surface area contributed by atoms with Gasteiger partial charge >= 0.3 is 11.8 Å². The molecule has 1 fully saturated rings. The van der Waals surface area contributed by atoms with Gasteiger partial charge in [-0.15, -0.1) is 0 Å². The van der Waals surface area contributed by atoms with E-state index in [1.807, 2.05) is 25.9 Å². The second kappa shape index (κ2) is 9.27. The standard InChI is InChI=1S/C17H26N4O5S/c1-13-4-6-14(7-5-13)27(24,25)21-10-11-26-15(21)12-19-17(23)16(22)18-8-9-20(2)3/h4-7,15H,8-12H2,1-3H3,(H,18,22)(H,19,23)/t15-/m1/s1. The molecule has 2 rings (SSSR count). The molecule has 1 aromatic rings. The van der Waals surface area contributed by atoms with Crippen LogP contribution in [0.2, 0.25) is 0 Å². The van der Waals surface area contributed by atoms with Crippen molar-refractivity contribution in [3.05, 3.63) is 29.8 Å². The van der Waals surface area contributed by atoms with Gasteiger partial charge in [-0.3, -0.25) is 9.59 Å². The molecule has 1 aromatic carbocycles. The van der Waals surface area contributed by atoms with Gasteiger partial charge in [-0.05, 0) is 33.2 Å². The van der Waals surface area contributed by atoms with Crippen molar-refractivity contribution in [1.29, 1.82) is 0 Å². The van der Waals surface area contributed by atoms with Crippen LogP contribution in [0, 0.1) is 6.92 Å². The fourth-order valence-corrected chi connectivity index (χ4v) is 4.03. The number of amides is 2. The van der Waals surface area contributed by atoms with Crippen LogP contribution in [0.15, 0.2) is 29.2 Å². The molecule has 1 aliphatic heterocycles. The summed E-state index contributed by atoms with van der Waals surface area (Å²) in [5.74, 6) is -1.58. The predicted molar refractivity (Wildman–Crippen MR) is 99.4 cm³/mol. The lowest BCUT2D eigenvalue weighted by Gasteiger charge is -2.23. The van der Waals surface area contributed by atoms with Crippen molar-refractivity contribution >= 4 is 21.8 Å². The van der Waals surface area contributed by atoms with Crippen LogP contribution in [0.25, 0.3) is 0 Å². The van der Waals surface area contributed by atoms with E-state index in [0.29, 0.717) is 13.1 Å². The zero-order valence-electron chi connectivity index (χ0n) is 15.8. The van der Waals surface area contributed by atoms with Gasteiger partial charge in [0.1, 0.15) is 6.23 Å². The predicted octanol–water partition coefficient (Wildman–Crippen LogP) is -0.864. The summed E-state index contributed by atoms with van der Waals surface area (Å²) in [5.41, 5.74) is 0.954. The highest BCUT2D eigenvalue weighted by Gasteiger charge is 2.36. The summed E-state index contributed by atoms with van der Waals surface area (Å²) < 4.78 is 32.2. The zero-order chi connectivity index (χ0) is 20.0. The SMILES string of the molecule is Cc1ccc(S(=O)(=O)N2CCO[C@@H]2CNC(=O)C(=O)NCCN(C)C)cc1. The number of aryl methyl sites for hydroxylation is 1. The van der Waals surface area contributed by atoms with Crippen LogP contribution < -0.4 is 10.6 Å². The van der Waals surface area contributed by atoms with Gasteiger partial charge in [0.05, 0.1) is 18.0 Å². The first-order chi connectivity index (χ1) is 12.7. The Balaban J connectivity index is 1.93. The minimum absolute atomic E-state index is 0.106. The number of nitrogens with one attached hydrogen (secondary N) is 2. The van der Waals surface area contributed by atoms with E-state index < -0.39 is 28.1 Å². The molecule has 2 amide bonds. The fraction of sp³-hybridized carbons (Fsp3) is 0.529. The van der Waals surface area contributed by atoms with Gasteiger partial charge in [0.25, 0.3) is 0 Å². The number of sulfonamides is 1. The molecule has 2 N–H and O–H groups in total. The molecule has 27 heavy (non-hydrogen) atoms. The number of hydrogen-bond donors (Lipinski definition) is 2. The van der Waals surface area contributed by atoms with Gasteiger partial charge in [0.15, 0.2) is 0 Å². The Morgan fingerprint density at radius 2 is 1.81 bits per heavy atom. The maximum absolute atomic E-state index is 12.8. The Labute approximate surface area is 159 Å².